The van der Waals surface area contributed by atoms with Crippen LogP contribution >= 0.6 is 0 Å². The van der Waals surface area contributed by atoms with E-state index in [-0.39, 0.29) is 0 Å². The second kappa shape index (κ2) is 3.49. The van der Waals surface area contributed by atoms with Crippen LogP contribution in [0.2, 0.25) is 0 Å². The minimum Gasteiger partial charge on any atom is -0.481 e. The van der Waals surface area contributed by atoms with Crippen molar-refractivity contribution in [3.05, 3.63) is 30.1 Å². The first-order valence-electron chi connectivity index (χ1n) is 4.23. The molecule has 0 aliphatic rings. The van der Waals surface area contributed by atoms with Crippen LogP contribution in [0.15, 0.2) is 28.9 Å². The maximum absolute atomic E-state index is 5.09. The van der Waals surface area contributed by atoms with Crippen molar-refractivity contribution in [2.75, 3.05) is 7.11 Å². The van der Waals surface area contributed by atoms with Crippen molar-refractivity contribution in [1.82, 2.24) is 10.1 Å². The Kier molecular flexibility index (Phi) is 2.18. The van der Waals surface area contributed by atoms with Gasteiger partial charge in [-0.25, -0.2) is 4.98 Å². The molecule has 0 radical (unpaired) electrons. The molecule has 0 fully saturated rings. The third-order valence-electron chi connectivity index (χ3n) is 1.86. The molecule has 14 heavy (non-hydrogen) atoms. The van der Waals surface area contributed by atoms with Gasteiger partial charge in [-0.15, -0.1) is 0 Å². The molecular formula is C10H10N2O2. The van der Waals surface area contributed by atoms with Crippen molar-refractivity contribution in [3.8, 4) is 17.2 Å². The van der Waals surface area contributed by atoms with Crippen molar-refractivity contribution in [1.29, 1.82) is 0 Å². The van der Waals surface area contributed by atoms with E-state index in [1.807, 2.05) is 19.1 Å². The number of methoxy groups -OCH3 is 1. The summed E-state index contributed by atoms with van der Waals surface area (Å²) in [4.78, 5) is 4.07. The van der Waals surface area contributed by atoms with E-state index in [0.29, 0.717) is 5.88 Å². The topological polar surface area (TPSA) is 48.2 Å². The largest absolute Gasteiger partial charge is 0.481 e. The standard InChI is InChI=1S/C10H10N2O2/c1-7-5-9(14-12-7)8-3-4-10(13-2)11-6-8/h3-6H,1-2H3. The molecule has 0 saturated heterocycles. The fraction of sp³-hybridized carbons (Fsp3) is 0.200. The van der Waals surface area contributed by atoms with Crippen LogP contribution in [0.25, 0.3) is 11.3 Å². The number of nitrogens with zero attached hydrogens (tertiary/aromatic N) is 2. The van der Waals surface area contributed by atoms with Gasteiger partial charge < -0.3 is 9.26 Å². The number of aromatic nitrogens is 2. The van der Waals surface area contributed by atoms with Gasteiger partial charge in [-0.3, -0.25) is 0 Å². The fourth-order valence-electron chi connectivity index (χ4n) is 1.15. The molecule has 0 saturated carbocycles. The Labute approximate surface area is 81.5 Å². The van der Waals surface area contributed by atoms with Gasteiger partial charge in [0.05, 0.1) is 12.8 Å². The van der Waals surface area contributed by atoms with Gasteiger partial charge in [-0.2, -0.15) is 0 Å². The molecule has 2 heterocycles. The first kappa shape index (κ1) is 8.74. The SMILES string of the molecule is COc1ccc(-c2cc(C)no2)cn1. The summed E-state index contributed by atoms with van der Waals surface area (Å²) in [7, 11) is 1.58. The lowest BCUT2D eigenvalue weighted by molar-refractivity contribution is 0.397. The summed E-state index contributed by atoms with van der Waals surface area (Å²) in [6.45, 7) is 1.88. The van der Waals surface area contributed by atoms with Crippen molar-refractivity contribution in [3.63, 3.8) is 0 Å². The predicted molar refractivity (Wildman–Crippen MR) is 51.0 cm³/mol. The molecule has 0 bridgehead atoms. The summed E-state index contributed by atoms with van der Waals surface area (Å²) in [5.41, 5.74) is 1.75. The molecule has 0 aliphatic carbocycles. The maximum Gasteiger partial charge on any atom is 0.212 e. The number of hydrogen-bond acceptors (Lipinski definition) is 4. The van der Waals surface area contributed by atoms with Crippen LogP contribution in [-0.2, 0) is 0 Å². The van der Waals surface area contributed by atoms with Gasteiger partial charge in [-0.05, 0) is 13.0 Å². The highest BCUT2D eigenvalue weighted by atomic mass is 16.5. The maximum atomic E-state index is 5.09. The zero-order chi connectivity index (χ0) is 9.97. The van der Waals surface area contributed by atoms with Crippen molar-refractivity contribution >= 4 is 0 Å². The number of hydrogen-bond donors (Lipinski definition) is 0. The van der Waals surface area contributed by atoms with Crippen LogP contribution < -0.4 is 4.74 Å². The lowest BCUT2D eigenvalue weighted by Crippen LogP contribution is -1.86. The van der Waals surface area contributed by atoms with E-state index in [1.165, 1.54) is 0 Å². The molecule has 4 nitrogen and oxygen atoms in total. The van der Waals surface area contributed by atoms with Crippen LogP contribution in [0.5, 0.6) is 5.88 Å². The molecule has 0 aromatic carbocycles. The Bertz CT molecular complexity index is 420. The van der Waals surface area contributed by atoms with E-state index >= 15 is 0 Å². The molecule has 2 aromatic rings. The Hall–Kier alpha value is -1.84. The summed E-state index contributed by atoms with van der Waals surface area (Å²) in [6, 6.07) is 5.53. The highest BCUT2D eigenvalue weighted by molar-refractivity contribution is 5.56. The van der Waals surface area contributed by atoms with E-state index < -0.39 is 0 Å². The van der Waals surface area contributed by atoms with E-state index in [1.54, 1.807) is 19.4 Å². The summed E-state index contributed by atoms with van der Waals surface area (Å²) in [5.74, 6) is 1.31. The molecular weight excluding hydrogens is 180 g/mol. The van der Waals surface area contributed by atoms with E-state index in [4.69, 9.17) is 9.26 Å². The molecule has 2 rings (SSSR count). The third-order valence-corrected chi connectivity index (χ3v) is 1.86. The van der Waals surface area contributed by atoms with Crippen molar-refractivity contribution < 1.29 is 9.26 Å². The summed E-state index contributed by atoms with van der Waals surface area (Å²) >= 11 is 0. The molecule has 0 amide bonds. The van der Waals surface area contributed by atoms with Gasteiger partial charge in [0.25, 0.3) is 0 Å². The van der Waals surface area contributed by atoms with Gasteiger partial charge in [0.1, 0.15) is 0 Å². The van der Waals surface area contributed by atoms with Gasteiger partial charge in [0.2, 0.25) is 5.88 Å². The van der Waals surface area contributed by atoms with Gasteiger partial charge in [0, 0.05) is 23.9 Å². The second-order valence-corrected chi connectivity index (χ2v) is 2.92. The Morgan fingerprint density at radius 3 is 2.71 bits per heavy atom. The van der Waals surface area contributed by atoms with Crippen LogP contribution in [0.4, 0.5) is 0 Å². The average Bonchev–Trinajstić information content (AvgIpc) is 2.65. The first-order chi connectivity index (χ1) is 6.79. The molecule has 0 unspecified atom stereocenters. The lowest BCUT2D eigenvalue weighted by Gasteiger charge is -1.98. The first-order valence-corrected chi connectivity index (χ1v) is 4.23. The van der Waals surface area contributed by atoms with Crippen LogP contribution in [-0.4, -0.2) is 17.3 Å². The second-order valence-electron chi connectivity index (χ2n) is 2.92. The minimum atomic E-state index is 0.588. The lowest BCUT2D eigenvalue weighted by atomic mass is 10.2. The Morgan fingerprint density at radius 2 is 2.21 bits per heavy atom. The monoisotopic (exact) mass is 190 g/mol. The van der Waals surface area contributed by atoms with Crippen LogP contribution in [0.1, 0.15) is 5.69 Å². The zero-order valence-electron chi connectivity index (χ0n) is 8.02. The summed E-state index contributed by atoms with van der Waals surface area (Å²) < 4.78 is 10.0. The highest BCUT2D eigenvalue weighted by Crippen LogP contribution is 2.20. The highest BCUT2D eigenvalue weighted by Gasteiger charge is 2.04. The summed E-state index contributed by atoms with van der Waals surface area (Å²) in [5, 5.41) is 3.80. The average molecular weight is 190 g/mol. The molecule has 0 atom stereocenters. The Morgan fingerprint density at radius 1 is 1.36 bits per heavy atom. The molecule has 0 aliphatic heterocycles. The molecule has 72 valence electrons. The van der Waals surface area contributed by atoms with Crippen LogP contribution in [0.3, 0.4) is 0 Å². The Balaban J connectivity index is 2.33. The molecule has 2 aromatic heterocycles. The van der Waals surface area contributed by atoms with Crippen LogP contribution in [0, 0.1) is 6.92 Å². The van der Waals surface area contributed by atoms with E-state index in [2.05, 4.69) is 10.1 Å². The van der Waals surface area contributed by atoms with E-state index in [9.17, 15) is 0 Å². The molecule has 0 N–H and O–H groups in total. The molecule has 4 heteroatoms. The number of ether oxygens (including phenoxy) is 1. The summed E-state index contributed by atoms with van der Waals surface area (Å²) in [6.07, 6.45) is 1.69. The van der Waals surface area contributed by atoms with Gasteiger partial charge >= 0.3 is 0 Å². The predicted octanol–water partition coefficient (Wildman–Crippen LogP) is 2.05. The quantitative estimate of drug-likeness (QED) is 0.727. The number of aryl methyl sites for hydroxylation is 1. The normalized spacial score (nSPS) is 10.1. The third kappa shape index (κ3) is 1.59. The van der Waals surface area contributed by atoms with E-state index in [0.717, 1.165) is 17.0 Å². The number of pyridine rings is 1. The molecule has 0 spiro atoms. The smallest absolute Gasteiger partial charge is 0.212 e. The fourth-order valence-corrected chi connectivity index (χ4v) is 1.15. The van der Waals surface area contributed by atoms with Crippen molar-refractivity contribution in [2.24, 2.45) is 0 Å². The zero-order valence-corrected chi connectivity index (χ0v) is 8.02. The number of rotatable bonds is 2. The van der Waals surface area contributed by atoms with Gasteiger partial charge in [-0.1, -0.05) is 5.16 Å². The van der Waals surface area contributed by atoms with Crippen molar-refractivity contribution in [2.45, 2.75) is 6.92 Å². The minimum absolute atomic E-state index is 0.588. The van der Waals surface area contributed by atoms with Gasteiger partial charge in [0.15, 0.2) is 5.76 Å².